The number of nitrogens with one attached hydrogen (secondary N) is 1. The monoisotopic (exact) mass is 335 g/mol. The number of ether oxygens (including phenoxy) is 1. The van der Waals surface area contributed by atoms with E-state index in [9.17, 15) is 14.9 Å². The van der Waals surface area contributed by atoms with E-state index in [-0.39, 0.29) is 11.8 Å². The molecule has 0 aromatic carbocycles. The fourth-order valence-electron chi connectivity index (χ4n) is 2.60. The smallest absolute Gasteiger partial charge is 0.433 e. The number of hydrogen-bond donors (Lipinski definition) is 1. The van der Waals surface area contributed by atoms with Gasteiger partial charge in [0.25, 0.3) is 5.91 Å². The van der Waals surface area contributed by atoms with Gasteiger partial charge in [-0.05, 0) is 18.2 Å². The Labute approximate surface area is 137 Å². The van der Waals surface area contributed by atoms with E-state index < -0.39 is 16.7 Å². The van der Waals surface area contributed by atoms with Crippen LogP contribution in [0.25, 0.3) is 0 Å². The summed E-state index contributed by atoms with van der Waals surface area (Å²) in [5.41, 5.74) is 0. The Balaban J connectivity index is 1.66. The Morgan fingerprint density at radius 2 is 2.12 bits per heavy atom. The van der Waals surface area contributed by atoms with Gasteiger partial charge in [-0.3, -0.25) is 19.8 Å². The average Bonchev–Trinajstić information content (AvgIpc) is 3.28. The number of amides is 1. The molecule has 1 unspecified atom stereocenters. The van der Waals surface area contributed by atoms with Crippen LogP contribution in [-0.4, -0.2) is 48.6 Å². The molecular weight excluding hydrogens is 318 g/mol. The van der Waals surface area contributed by atoms with Gasteiger partial charge in [0.15, 0.2) is 5.76 Å². The molecule has 1 aliphatic heterocycles. The molecule has 9 nitrogen and oxygen atoms in total. The lowest BCUT2D eigenvalue weighted by Gasteiger charge is -2.33. The van der Waals surface area contributed by atoms with Gasteiger partial charge in [-0.2, -0.15) is 0 Å². The Kier molecular flexibility index (Phi) is 4.92. The van der Waals surface area contributed by atoms with Crippen LogP contribution in [0, 0.1) is 10.1 Å². The molecule has 3 heterocycles. The molecule has 0 radical (unpaired) electrons. The third-order valence-corrected chi connectivity index (χ3v) is 3.81. The third kappa shape index (κ3) is 3.63. The maximum Gasteiger partial charge on any atom is 0.433 e. The number of carbonyl (C=O) groups is 1. The molecule has 1 saturated heterocycles. The van der Waals surface area contributed by atoms with Gasteiger partial charge < -0.3 is 18.9 Å². The van der Waals surface area contributed by atoms with Crippen molar-refractivity contribution < 1.29 is 23.3 Å². The number of morpholine rings is 1. The van der Waals surface area contributed by atoms with Crippen molar-refractivity contribution in [3.63, 3.8) is 0 Å². The number of carbonyl (C=O) groups excluding carboxylic acids is 1. The van der Waals surface area contributed by atoms with Crippen molar-refractivity contribution in [3.05, 3.63) is 52.2 Å². The van der Waals surface area contributed by atoms with E-state index in [1.165, 1.54) is 6.07 Å². The average molecular weight is 335 g/mol. The Morgan fingerprint density at radius 1 is 1.33 bits per heavy atom. The van der Waals surface area contributed by atoms with Crippen LogP contribution in [0.15, 0.2) is 39.4 Å². The van der Waals surface area contributed by atoms with Crippen molar-refractivity contribution >= 4 is 11.8 Å². The minimum Gasteiger partial charge on any atom is -0.468 e. The number of rotatable bonds is 6. The molecule has 1 fully saturated rings. The summed E-state index contributed by atoms with van der Waals surface area (Å²) in [5.74, 6) is -0.326. The lowest BCUT2D eigenvalue weighted by molar-refractivity contribution is -0.402. The van der Waals surface area contributed by atoms with Crippen LogP contribution in [-0.2, 0) is 4.74 Å². The van der Waals surface area contributed by atoms with Crippen LogP contribution in [0.2, 0.25) is 0 Å². The second kappa shape index (κ2) is 7.28. The molecule has 1 N–H and O–H groups in total. The standard InChI is InChI=1S/C15H17N3O6/c19-15(13-3-4-14(24-13)18(20)21)16-10-11(12-2-1-7-23-12)17-5-8-22-9-6-17/h1-4,7,11H,5-6,8-10H2,(H,16,19). The Bertz CT molecular complexity index is 690. The van der Waals surface area contributed by atoms with Crippen molar-refractivity contribution in [2.45, 2.75) is 6.04 Å². The summed E-state index contributed by atoms with van der Waals surface area (Å²) < 4.78 is 15.7. The van der Waals surface area contributed by atoms with Crippen LogP contribution in [0.3, 0.4) is 0 Å². The van der Waals surface area contributed by atoms with E-state index in [0.29, 0.717) is 19.8 Å². The van der Waals surface area contributed by atoms with E-state index in [1.54, 1.807) is 12.3 Å². The normalized spacial score (nSPS) is 16.7. The zero-order valence-electron chi connectivity index (χ0n) is 12.8. The molecule has 2 aromatic heterocycles. The molecule has 0 saturated carbocycles. The van der Waals surface area contributed by atoms with E-state index in [1.807, 2.05) is 6.07 Å². The van der Waals surface area contributed by atoms with Crippen molar-refractivity contribution in [2.24, 2.45) is 0 Å². The highest BCUT2D eigenvalue weighted by Crippen LogP contribution is 2.22. The van der Waals surface area contributed by atoms with E-state index in [2.05, 4.69) is 10.2 Å². The molecule has 0 bridgehead atoms. The number of nitro groups is 1. The van der Waals surface area contributed by atoms with Gasteiger partial charge in [-0.15, -0.1) is 0 Å². The first kappa shape index (κ1) is 16.2. The summed E-state index contributed by atoms with van der Waals surface area (Å²) in [6.07, 6.45) is 1.58. The van der Waals surface area contributed by atoms with Gasteiger partial charge >= 0.3 is 5.88 Å². The molecular formula is C15H17N3O6. The predicted octanol–water partition coefficient (Wildman–Crippen LogP) is 1.58. The first-order valence-corrected chi connectivity index (χ1v) is 7.53. The highest BCUT2D eigenvalue weighted by molar-refractivity contribution is 5.91. The summed E-state index contributed by atoms with van der Waals surface area (Å²) in [7, 11) is 0. The largest absolute Gasteiger partial charge is 0.468 e. The molecule has 1 aliphatic rings. The van der Waals surface area contributed by atoms with E-state index in [4.69, 9.17) is 13.6 Å². The SMILES string of the molecule is O=C(NCC(c1ccco1)N1CCOCC1)c1ccc([N+](=O)[O-])o1. The predicted molar refractivity (Wildman–Crippen MR) is 81.5 cm³/mol. The molecule has 0 aliphatic carbocycles. The van der Waals surface area contributed by atoms with E-state index in [0.717, 1.165) is 24.9 Å². The number of nitrogens with zero attached hydrogens (tertiary/aromatic N) is 2. The lowest BCUT2D eigenvalue weighted by Crippen LogP contribution is -2.43. The summed E-state index contributed by atoms with van der Waals surface area (Å²) in [5, 5.41) is 13.4. The van der Waals surface area contributed by atoms with Crippen LogP contribution in [0.4, 0.5) is 5.88 Å². The zero-order valence-corrected chi connectivity index (χ0v) is 12.8. The quantitative estimate of drug-likeness (QED) is 0.630. The third-order valence-electron chi connectivity index (χ3n) is 3.81. The molecule has 9 heteroatoms. The highest BCUT2D eigenvalue weighted by Gasteiger charge is 2.26. The minimum atomic E-state index is -0.684. The van der Waals surface area contributed by atoms with Crippen LogP contribution in [0.1, 0.15) is 22.4 Å². The van der Waals surface area contributed by atoms with Crippen LogP contribution in [0.5, 0.6) is 0 Å². The van der Waals surface area contributed by atoms with Gasteiger partial charge in [0.05, 0.1) is 31.6 Å². The molecule has 1 atom stereocenters. The molecule has 24 heavy (non-hydrogen) atoms. The zero-order chi connectivity index (χ0) is 16.9. The number of furan rings is 2. The summed E-state index contributed by atoms with van der Waals surface area (Å²) >= 11 is 0. The molecule has 0 spiro atoms. The van der Waals surface area contributed by atoms with Gasteiger partial charge in [0, 0.05) is 19.6 Å². The van der Waals surface area contributed by atoms with Crippen LogP contribution >= 0.6 is 0 Å². The molecule has 2 aromatic rings. The van der Waals surface area contributed by atoms with Crippen molar-refractivity contribution in [2.75, 3.05) is 32.8 Å². The fraction of sp³-hybridized carbons (Fsp3) is 0.400. The maximum absolute atomic E-state index is 12.1. The van der Waals surface area contributed by atoms with Crippen molar-refractivity contribution in [1.29, 1.82) is 0 Å². The summed E-state index contributed by atoms with van der Waals surface area (Å²) in [4.78, 5) is 24.2. The fourth-order valence-corrected chi connectivity index (χ4v) is 2.60. The summed E-state index contributed by atoms with van der Waals surface area (Å²) in [6, 6.07) is 5.94. The number of hydrogen-bond acceptors (Lipinski definition) is 7. The maximum atomic E-state index is 12.1. The lowest BCUT2D eigenvalue weighted by atomic mass is 10.1. The van der Waals surface area contributed by atoms with Crippen molar-refractivity contribution in [1.82, 2.24) is 10.2 Å². The summed E-state index contributed by atoms with van der Waals surface area (Å²) in [6.45, 7) is 2.99. The van der Waals surface area contributed by atoms with Crippen LogP contribution < -0.4 is 5.32 Å². The second-order valence-corrected chi connectivity index (χ2v) is 5.28. The van der Waals surface area contributed by atoms with Gasteiger partial charge in [0.1, 0.15) is 10.7 Å². The van der Waals surface area contributed by atoms with Gasteiger partial charge in [-0.1, -0.05) is 0 Å². The van der Waals surface area contributed by atoms with Gasteiger partial charge in [0.2, 0.25) is 0 Å². The molecule has 3 rings (SSSR count). The van der Waals surface area contributed by atoms with Crippen molar-refractivity contribution in [3.8, 4) is 0 Å². The topological polar surface area (TPSA) is 111 Å². The minimum absolute atomic E-state index is 0.0955. The first-order chi connectivity index (χ1) is 11.6. The molecule has 1 amide bonds. The van der Waals surface area contributed by atoms with Gasteiger partial charge in [-0.25, -0.2) is 0 Å². The molecule has 128 valence electrons. The van der Waals surface area contributed by atoms with E-state index >= 15 is 0 Å². The second-order valence-electron chi connectivity index (χ2n) is 5.28. The highest BCUT2D eigenvalue weighted by atomic mass is 16.6. The Hall–Kier alpha value is -2.65. The first-order valence-electron chi connectivity index (χ1n) is 7.53. The Morgan fingerprint density at radius 3 is 2.75 bits per heavy atom.